The standard InChI is InChI=1S/C9H7N3O/c13-7-5-11-9(12-6-7)8-3-1-2-4-10-8/h1-6,13H. The Labute approximate surface area is 74.9 Å². The molecule has 0 atom stereocenters. The van der Waals surface area contributed by atoms with E-state index < -0.39 is 0 Å². The van der Waals surface area contributed by atoms with E-state index in [4.69, 9.17) is 5.11 Å². The molecule has 4 nitrogen and oxygen atoms in total. The largest absolute Gasteiger partial charge is 0.505 e. The molecule has 13 heavy (non-hydrogen) atoms. The van der Waals surface area contributed by atoms with E-state index in [0.29, 0.717) is 11.5 Å². The molecular weight excluding hydrogens is 166 g/mol. The Kier molecular flexibility index (Phi) is 1.88. The fourth-order valence-corrected chi connectivity index (χ4v) is 0.949. The molecule has 0 aromatic carbocycles. The molecule has 0 unspecified atom stereocenters. The Bertz CT molecular complexity index is 385. The lowest BCUT2D eigenvalue weighted by Crippen LogP contribution is -1.89. The predicted molar refractivity (Wildman–Crippen MR) is 46.9 cm³/mol. The zero-order valence-corrected chi connectivity index (χ0v) is 6.75. The van der Waals surface area contributed by atoms with Crippen LogP contribution in [0, 0.1) is 0 Å². The second kappa shape index (κ2) is 3.18. The Balaban J connectivity index is 2.42. The average molecular weight is 173 g/mol. The van der Waals surface area contributed by atoms with Crippen LogP contribution in [0.15, 0.2) is 36.8 Å². The molecule has 2 heterocycles. The summed E-state index contributed by atoms with van der Waals surface area (Å²) in [6.45, 7) is 0. The number of pyridine rings is 1. The Morgan fingerprint density at radius 1 is 1.00 bits per heavy atom. The summed E-state index contributed by atoms with van der Waals surface area (Å²) in [5.74, 6) is 0.568. The first kappa shape index (κ1) is 7.67. The second-order valence-corrected chi connectivity index (χ2v) is 2.48. The molecule has 0 spiro atoms. The molecule has 0 radical (unpaired) electrons. The third kappa shape index (κ3) is 1.61. The van der Waals surface area contributed by atoms with E-state index >= 15 is 0 Å². The van der Waals surface area contributed by atoms with Gasteiger partial charge in [0.2, 0.25) is 0 Å². The number of aromatic hydroxyl groups is 1. The van der Waals surface area contributed by atoms with Crippen molar-refractivity contribution >= 4 is 0 Å². The van der Waals surface area contributed by atoms with E-state index in [1.165, 1.54) is 12.4 Å². The number of hydrogen-bond donors (Lipinski definition) is 1. The summed E-state index contributed by atoms with van der Waals surface area (Å²) in [6, 6.07) is 5.49. The van der Waals surface area contributed by atoms with Crippen molar-refractivity contribution in [1.82, 2.24) is 15.0 Å². The summed E-state index contributed by atoms with van der Waals surface area (Å²) >= 11 is 0. The van der Waals surface area contributed by atoms with Crippen molar-refractivity contribution in [2.45, 2.75) is 0 Å². The van der Waals surface area contributed by atoms with Gasteiger partial charge in [-0.25, -0.2) is 9.97 Å². The quantitative estimate of drug-likeness (QED) is 0.704. The lowest BCUT2D eigenvalue weighted by atomic mass is 10.3. The predicted octanol–water partition coefficient (Wildman–Crippen LogP) is 1.24. The van der Waals surface area contributed by atoms with Crippen molar-refractivity contribution in [3.8, 4) is 17.3 Å². The first-order valence-corrected chi connectivity index (χ1v) is 3.79. The Morgan fingerprint density at radius 2 is 1.77 bits per heavy atom. The fourth-order valence-electron chi connectivity index (χ4n) is 0.949. The smallest absolute Gasteiger partial charge is 0.178 e. The summed E-state index contributed by atoms with van der Waals surface area (Å²) in [4.78, 5) is 11.9. The summed E-state index contributed by atoms with van der Waals surface area (Å²) in [5, 5.41) is 8.96. The monoisotopic (exact) mass is 173 g/mol. The molecular formula is C9H7N3O. The molecule has 0 amide bonds. The molecule has 0 bridgehead atoms. The Morgan fingerprint density at radius 3 is 2.38 bits per heavy atom. The maximum atomic E-state index is 8.96. The maximum absolute atomic E-state index is 8.96. The van der Waals surface area contributed by atoms with Gasteiger partial charge in [-0.2, -0.15) is 0 Å². The van der Waals surface area contributed by atoms with Crippen molar-refractivity contribution in [2.24, 2.45) is 0 Å². The van der Waals surface area contributed by atoms with Gasteiger partial charge in [0.1, 0.15) is 5.69 Å². The minimum absolute atomic E-state index is 0.0553. The van der Waals surface area contributed by atoms with Crippen molar-refractivity contribution in [3.63, 3.8) is 0 Å². The molecule has 0 aliphatic rings. The molecule has 0 aliphatic carbocycles. The summed E-state index contributed by atoms with van der Waals surface area (Å²) in [7, 11) is 0. The van der Waals surface area contributed by atoms with Gasteiger partial charge >= 0.3 is 0 Å². The van der Waals surface area contributed by atoms with Gasteiger partial charge in [0.15, 0.2) is 11.6 Å². The van der Waals surface area contributed by atoms with Crippen LogP contribution < -0.4 is 0 Å². The number of rotatable bonds is 1. The van der Waals surface area contributed by atoms with Crippen LogP contribution >= 0.6 is 0 Å². The molecule has 2 aromatic heterocycles. The molecule has 0 saturated carbocycles. The molecule has 1 N–H and O–H groups in total. The highest BCUT2D eigenvalue weighted by Crippen LogP contribution is 2.11. The van der Waals surface area contributed by atoms with E-state index in [0.717, 1.165) is 0 Å². The highest BCUT2D eigenvalue weighted by molar-refractivity contribution is 5.47. The van der Waals surface area contributed by atoms with Gasteiger partial charge in [-0.1, -0.05) is 6.07 Å². The van der Waals surface area contributed by atoms with Gasteiger partial charge < -0.3 is 5.11 Å². The van der Waals surface area contributed by atoms with Crippen LogP contribution in [0.3, 0.4) is 0 Å². The third-order valence-corrected chi connectivity index (χ3v) is 1.53. The maximum Gasteiger partial charge on any atom is 0.178 e. The molecule has 64 valence electrons. The fraction of sp³-hybridized carbons (Fsp3) is 0. The highest BCUT2D eigenvalue weighted by Gasteiger charge is 1.99. The zero-order chi connectivity index (χ0) is 9.10. The van der Waals surface area contributed by atoms with Crippen molar-refractivity contribution < 1.29 is 5.11 Å². The van der Waals surface area contributed by atoms with Crippen LogP contribution in [0.1, 0.15) is 0 Å². The number of nitrogens with zero attached hydrogens (tertiary/aromatic N) is 3. The summed E-state index contributed by atoms with van der Waals surface area (Å²) in [6.07, 6.45) is 4.36. The minimum atomic E-state index is 0.0553. The van der Waals surface area contributed by atoms with Crippen LogP contribution in [-0.4, -0.2) is 20.1 Å². The van der Waals surface area contributed by atoms with E-state index in [9.17, 15) is 0 Å². The lowest BCUT2D eigenvalue weighted by molar-refractivity contribution is 0.470. The van der Waals surface area contributed by atoms with Crippen molar-refractivity contribution in [2.75, 3.05) is 0 Å². The summed E-state index contributed by atoms with van der Waals surface area (Å²) in [5.41, 5.74) is 0.697. The lowest BCUT2D eigenvalue weighted by Gasteiger charge is -1.96. The molecule has 0 aliphatic heterocycles. The van der Waals surface area contributed by atoms with E-state index in [1.807, 2.05) is 18.2 Å². The van der Waals surface area contributed by atoms with E-state index in [2.05, 4.69) is 15.0 Å². The first-order valence-electron chi connectivity index (χ1n) is 3.79. The van der Waals surface area contributed by atoms with Crippen LogP contribution in [-0.2, 0) is 0 Å². The van der Waals surface area contributed by atoms with Crippen molar-refractivity contribution in [3.05, 3.63) is 36.8 Å². The molecule has 4 heteroatoms. The minimum Gasteiger partial charge on any atom is -0.505 e. The van der Waals surface area contributed by atoms with Gasteiger partial charge in [0.05, 0.1) is 12.4 Å². The highest BCUT2D eigenvalue weighted by atomic mass is 16.3. The molecule has 2 rings (SSSR count). The molecule has 2 aromatic rings. The van der Waals surface area contributed by atoms with Crippen LogP contribution in [0.2, 0.25) is 0 Å². The van der Waals surface area contributed by atoms with Gasteiger partial charge in [-0.05, 0) is 12.1 Å². The van der Waals surface area contributed by atoms with Gasteiger partial charge in [-0.15, -0.1) is 0 Å². The third-order valence-electron chi connectivity index (χ3n) is 1.53. The number of aromatic nitrogens is 3. The van der Waals surface area contributed by atoms with Crippen LogP contribution in [0.5, 0.6) is 5.75 Å². The van der Waals surface area contributed by atoms with Crippen LogP contribution in [0.25, 0.3) is 11.5 Å². The normalized spacial score (nSPS) is 9.85. The topological polar surface area (TPSA) is 58.9 Å². The van der Waals surface area contributed by atoms with E-state index in [-0.39, 0.29) is 5.75 Å². The Hall–Kier alpha value is -1.97. The number of hydrogen-bond acceptors (Lipinski definition) is 4. The van der Waals surface area contributed by atoms with Gasteiger partial charge in [-0.3, -0.25) is 4.98 Å². The zero-order valence-electron chi connectivity index (χ0n) is 6.75. The van der Waals surface area contributed by atoms with Gasteiger partial charge in [0.25, 0.3) is 0 Å². The SMILES string of the molecule is Oc1cnc(-c2ccccn2)nc1. The first-order chi connectivity index (χ1) is 6.36. The summed E-state index contributed by atoms with van der Waals surface area (Å²) < 4.78 is 0. The second-order valence-electron chi connectivity index (χ2n) is 2.48. The molecule has 0 fully saturated rings. The average Bonchev–Trinajstić information content (AvgIpc) is 2.20. The van der Waals surface area contributed by atoms with E-state index in [1.54, 1.807) is 6.20 Å². The molecule has 0 saturated heterocycles. The van der Waals surface area contributed by atoms with Crippen molar-refractivity contribution in [1.29, 1.82) is 0 Å². The van der Waals surface area contributed by atoms with Gasteiger partial charge in [0, 0.05) is 6.20 Å². The van der Waals surface area contributed by atoms with Crippen LogP contribution in [0.4, 0.5) is 0 Å².